The Morgan fingerprint density at radius 1 is 1.16 bits per heavy atom. The minimum absolute atomic E-state index is 0.103. The second-order valence-electron chi connectivity index (χ2n) is 7.90. The molecule has 1 fully saturated rings. The quantitative estimate of drug-likeness (QED) is 0.295. The van der Waals surface area contributed by atoms with Gasteiger partial charge in [0.05, 0.1) is 23.3 Å². The smallest absolute Gasteiger partial charge is 0.272 e. The number of carbonyl (C=O) groups is 3. The van der Waals surface area contributed by atoms with Gasteiger partial charge in [0.25, 0.3) is 23.4 Å². The van der Waals surface area contributed by atoms with Crippen molar-refractivity contribution in [1.82, 2.24) is 10.0 Å². The zero-order valence-corrected chi connectivity index (χ0v) is 17.9. The largest absolute Gasteiger partial charge is 0.273 e. The van der Waals surface area contributed by atoms with Crippen LogP contribution in [0.5, 0.6) is 0 Å². The van der Waals surface area contributed by atoms with E-state index in [-0.39, 0.29) is 23.7 Å². The highest BCUT2D eigenvalue weighted by atomic mass is 35.5. The van der Waals surface area contributed by atoms with Crippen LogP contribution in [0.15, 0.2) is 60.7 Å². The Bertz CT molecular complexity index is 1130. The van der Waals surface area contributed by atoms with E-state index in [1.807, 2.05) is 19.1 Å². The predicted octanol–water partition coefficient (Wildman–Crippen LogP) is 4.00. The minimum Gasteiger partial charge on any atom is -0.272 e. The van der Waals surface area contributed by atoms with Crippen molar-refractivity contribution in [3.63, 3.8) is 0 Å². The molecule has 0 spiro atoms. The van der Waals surface area contributed by atoms with Crippen molar-refractivity contribution < 1.29 is 19.3 Å². The first-order valence-electron chi connectivity index (χ1n) is 10.1. The molecule has 2 aromatic carbocycles. The number of nitro benzene ring substituents is 1. The summed E-state index contributed by atoms with van der Waals surface area (Å²) in [6.45, 7) is 1.77. The third-order valence-corrected chi connectivity index (χ3v) is 6.30. The highest BCUT2D eigenvalue weighted by Crippen LogP contribution is 2.39. The molecule has 0 radical (unpaired) electrons. The van der Waals surface area contributed by atoms with Gasteiger partial charge in [-0.05, 0) is 36.1 Å². The van der Waals surface area contributed by atoms with E-state index >= 15 is 0 Å². The zero-order chi connectivity index (χ0) is 23.0. The van der Waals surface area contributed by atoms with E-state index < -0.39 is 34.5 Å². The Balaban J connectivity index is 1.73. The average Bonchev–Trinajstić information content (AvgIpc) is 3.04. The Hall–Kier alpha value is -3.52. The molecule has 0 saturated carbocycles. The van der Waals surface area contributed by atoms with Crippen molar-refractivity contribution in [2.75, 3.05) is 0 Å². The molecule has 32 heavy (non-hydrogen) atoms. The van der Waals surface area contributed by atoms with Crippen LogP contribution in [0.25, 0.3) is 0 Å². The summed E-state index contributed by atoms with van der Waals surface area (Å²) in [4.78, 5) is 50.4. The second kappa shape index (κ2) is 8.55. The van der Waals surface area contributed by atoms with Gasteiger partial charge in [-0.3, -0.25) is 24.5 Å². The van der Waals surface area contributed by atoms with E-state index in [9.17, 15) is 24.5 Å². The van der Waals surface area contributed by atoms with Gasteiger partial charge < -0.3 is 0 Å². The monoisotopic (exact) mass is 453 g/mol. The third kappa shape index (κ3) is 3.78. The molecule has 3 amide bonds. The summed E-state index contributed by atoms with van der Waals surface area (Å²) in [5.74, 6) is -2.68. The van der Waals surface area contributed by atoms with Crippen LogP contribution in [0.3, 0.4) is 0 Å². The van der Waals surface area contributed by atoms with Crippen molar-refractivity contribution in [3.05, 3.63) is 86.9 Å². The standard InChI is InChI=1S/C23H20ClN3O5/c1-14-5-4-7-18-20(14)23(30)26(22(18)29)25(13-16-6-2-3-8-19(16)24)21(28)15-9-11-17(12-10-15)27(31)32/h2-6,8-12,14,18,20H,7,13H2,1H3/t14-,18-,20+/m1/s1. The number of allylic oxidation sites excluding steroid dienone is 2. The molecule has 2 aromatic rings. The number of hydrazine groups is 1. The minimum atomic E-state index is -0.624. The molecule has 1 heterocycles. The topological polar surface area (TPSA) is 101 Å². The lowest BCUT2D eigenvalue weighted by atomic mass is 9.78. The number of nitro groups is 1. The highest BCUT2D eigenvalue weighted by Gasteiger charge is 2.53. The SMILES string of the molecule is C[C@@H]1C=CC[C@H]2C(=O)N(N(Cc3ccccc3Cl)C(=O)c3ccc([N+](=O)[O-])cc3)C(=O)[C@@H]12. The molecule has 2 aliphatic rings. The Kier molecular flexibility index (Phi) is 5.80. The summed E-state index contributed by atoms with van der Waals surface area (Å²) in [6, 6.07) is 11.9. The van der Waals surface area contributed by atoms with Crippen molar-refractivity contribution in [1.29, 1.82) is 0 Å². The van der Waals surface area contributed by atoms with Gasteiger partial charge in [0.2, 0.25) is 0 Å². The maximum Gasteiger partial charge on any atom is 0.273 e. The summed E-state index contributed by atoms with van der Waals surface area (Å²) >= 11 is 6.29. The lowest BCUT2D eigenvalue weighted by Crippen LogP contribution is -2.50. The lowest BCUT2D eigenvalue weighted by Gasteiger charge is -2.31. The molecule has 8 nitrogen and oxygen atoms in total. The second-order valence-corrected chi connectivity index (χ2v) is 8.31. The molecule has 4 rings (SSSR count). The first-order valence-corrected chi connectivity index (χ1v) is 10.5. The van der Waals surface area contributed by atoms with Crippen molar-refractivity contribution >= 4 is 35.0 Å². The number of non-ortho nitro benzene ring substituents is 1. The summed E-state index contributed by atoms with van der Waals surface area (Å²) in [5, 5.41) is 13.4. The molecule has 3 atom stereocenters. The molecule has 1 saturated heterocycles. The number of fused-ring (bicyclic) bond motifs is 1. The van der Waals surface area contributed by atoms with Crippen LogP contribution in [-0.4, -0.2) is 32.7 Å². The molecule has 9 heteroatoms. The summed E-state index contributed by atoms with van der Waals surface area (Å²) in [6.07, 6.45) is 4.23. The fraction of sp³-hybridized carbons (Fsp3) is 0.261. The van der Waals surface area contributed by atoms with E-state index in [0.717, 1.165) is 10.0 Å². The van der Waals surface area contributed by atoms with Crippen LogP contribution in [0, 0.1) is 27.9 Å². The average molecular weight is 454 g/mol. The van der Waals surface area contributed by atoms with Gasteiger partial charge in [-0.1, -0.05) is 48.9 Å². The summed E-state index contributed by atoms with van der Waals surface area (Å²) in [5.41, 5.74) is 0.508. The van der Waals surface area contributed by atoms with Gasteiger partial charge in [-0.2, -0.15) is 5.01 Å². The number of benzene rings is 2. The number of hydrogen-bond acceptors (Lipinski definition) is 5. The molecule has 0 aromatic heterocycles. The number of carbonyl (C=O) groups excluding carboxylic acids is 3. The third-order valence-electron chi connectivity index (χ3n) is 5.93. The number of hydrogen-bond donors (Lipinski definition) is 0. The van der Waals surface area contributed by atoms with Crippen LogP contribution >= 0.6 is 11.6 Å². The van der Waals surface area contributed by atoms with E-state index in [2.05, 4.69) is 0 Å². The number of amides is 3. The lowest BCUT2D eigenvalue weighted by molar-refractivity contribution is -0.384. The van der Waals surface area contributed by atoms with E-state index in [1.54, 1.807) is 24.3 Å². The van der Waals surface area contributed by atoms with E-state index in [0.29, 0.717) is 17.0 Å². The number of nitrogens with zero attached hydrogens (tertiary/aromatic N) is 3. The van der Waals surface area contributed by atoms with Gasteiger partial charge in [0.15, 0.2) is 0 Å². The molecular weight excluding hydrogens is 434 g/mol. The van der Waals surface area contributed by atoms with E-state index in [1.165, 1.54) is 24.3 Å². The fourth-order valence-electron chi connectivity index (χ4n) is 4.26. The fourth-order valence-corrected chi connectivity index (χ4v) is 4.46. The maximum atomic E-state index is 13.5. The Labute approximate surface area is 189 Å². The van der Waals surface area contributed by atoms with E-state index in [4.69, 9.17) is 11.6 Å². The highest BCUT2D eigenvalue weighted by molar-refractivity contribution is 6.31. The first-order chi connectivity index (χ1) is 15.3. The van der Waals surface area contributed by atoms with Crippen molar-refractivity contribution in [2.24, 2.45) is 17.8 Å². The number of imide groups is 1. The predicted molar refractivity (Wildman–Crippen MR) is 116 cm³/mol. The van der Waals surface area contributed by atoms with Crippen LogP contribution < -0.4 is 0 Å². The number of halogens is 1. The normalized spacial score (nSPS) is 22.1. The van der Waals surface area contributed by atoms with Crippen LogP contribution in [-0.2, 0) is 16.1 Å². The molecule has 0 unspecified atom stereocenters. The van der Waals surface area contributed by atoms with Gasteiger partial charge in [-0.15, -0.1) is 0 Å². The maximum absolute atomic E-state index is 13.5. The number of rotatable bonds is 5. The van der Waals surface area contributed by atoms with Crippen molar-refractivity contribution in [2.45, 2.75) is 19.9 Å². The van der Waals surface area contributed by atoms with Crippen LogP contribution in [0.1, 0.15) is 29.3 Å². The van der Waals surface area contributed by atoms with Gasteiger partial charge in [0.1, 0.15) is 0 Å². The molecule has 0 N–H and O–H groups in total. The molecule has 1 aliphatic heterocycles. The summed E-state index contributed by atoms with van der Waals surface area (Å²) < 4.78 is 0. The zero-order valence-electron chi connectivity index (χ0n) is 17.2. The molecule has 1 aliphatic carbocycles. The Morgan fingerprint density at radius 3 is 2.47 bits per heavy atom. The van der Waals surface area contributed by atoms with Crippen LogP contribution in [0.4, 0.5) is 5.69 Å². The molecule has 164 valence electrons. The Morgan fingerprint density at radius 2 is 1.84 bits per heavy atom. The van der Waals surface area contributed by atoms with Gasteiger partial charge in [-0.25, -0.2) is 5.01 Å². The van der Waals surface area contributed by atoms with Crippen molar-refractivity contribution in [3.8, 4) is 0 Å². The molecular formula is C23H20ClN3O5. The first kappa shape index (κ1) is 21.7. The van der Waals surface area contributed by atoms with Gasteiger partial charge >= 0.3 is 0 Å². The molecule has 0 bridgehead atoms. The van der Waals surface area contributed by atoms with Gasteiger partial charge in [0, 0.05) is 22.7 Å². The van der Waals surface area contributed by atoms with Crippen LogP contribution in [0.2, 0.25) is 5.02 Å². The summed E-state index contributed by atoms with van der Waals surface area (Å²) in [7, 11) is 0.